The second-order valence-electron chi connectivity index (χ2n) is 5.54. The molecule has 1 fully saturated rings. The fourth-order valence-electron chi connectivity index (χ4n) is 2.65. The quantitative estimate of drug-likeness (QED) is 0.658. The van der Waals surface area contributed by atoms with Crippen molar-refractivity contribution in [3.05, 3.63) is 29.8 Å². The Balaban J connectivity index is 1.83. The molecule has 1 heterocycles. The smallest absolute Gasteiger partial charge is 0.310 e. The van der Waals surface area contributed by atoms with Gasteiger partial charge in [-0.3, -0.25) is 4.79 Å². The Morgan fingerprint density at radius 1 is 1.39 bits per heavy atom. The number of likely N-dealkylation sites (tertiary alicyclic amines) is 1. The summed E-state index contributed by atoms with van der Waals surface area (Å²) in [5.74, 6) is 0.643. The number of nitrogens with one attached hydrogen (secondary N) is 1. The molecule has 6 heteroatoms. The van der Waals surface area contributed by atoms with E-state index in [1.807, 2.05) is 31.2 Å². The zero-order valence-electron chi connectivity index (χ0n) is 13.7. The van der Waals surface area contributed by atoms with E-state index < -0.39 is 0 Å². The summed E-state index contributed by atoms with van der Waals surface area (Å²) in [6.45, 7) is 4.43. The van der Waals surface area contributed by atoms with Gasteiger partial charge >= 0.3 is 5.97 Å². The zero-order chi connectivity index (χ0) is 16.7. The molecule has 1 aromatic carbocycles. The maximum Gasteiger partial charge on any atom is 0.310 e. The van der Waals surface area contributed by atoms with E-state index in [-0.39, 0.29) is 11.9 Å². The predicted molar refractivity (Wildman–Crippen MR) is 93.4 cm³/mol. The molecule has 0 aliphatic carbocycles. The fourth-order valence-corrected chi connectivity index (χ4v) is 2.88. The average Bonchev–Trinajstić information content (AvgIpc) is 2.60. The number of benzene rings is 1. The van der Waals surface area contributed by atoms with Crippen LogP contribution in [0.1, 0.15) is 25.3 Å². The molecular weight excluding hydrogens is 312 g/mol. The van der Waals surface area contributed by atoms with Crippen LogP contribution in [-0.4, -0.2) is 42.8 Å². The molecule has 23 heavy (non-hydrogen) atoms. The summed E-state index contributed by atoms with van der Waals surface area (Å²) in [5, 5.41) is 3.95. The van der Waals surface area contributed by atoms with E-state index in [0.29, 0.717) is 24.8 Å². The number of methoxy groups -OCH3 is 1. The van der Waals surface area contributed by atoms with Crippen molar-refractivity contribution in [3.8, 4) is 5.75 Å². The van der Waals surface area contributed by atoms with Gasteiger partial charge in [0.15, 0.2) is 5.11 Å². The van der Waals surface area contributed by atoms with Crippen molar-refractivity contribution in [1.29, 1.82) is 0 Å². The Labute approximate surface area is 142 Å². The molecule has 1 saturated heterocycles. The molecule has 0 radical (unpaired) electrons. The van der Waals surface area contributed by atoms with Crippen molar-refractivity contribution in [1.82, 2.24) is 10.2 Å². The second-order valence-corrected chi connectivity index (χ2v) is 5.93. The topological polar surface area (TPSA) is 50.8 Å². The van der Waals surface area contributed by atoms with Crippen LogP contribution in [0.4, 0.5) is 0 Å². The highest BCUT2D eigenvalue weighted by Gasteiger charge is 2.27. The van der Waals surface area contributed by atoms with E-state index in [0.717, 1.165) is 30.7 Å². The summed E-state index contributed by atoms with van der Waals surface area (Å²) in [4.78, 5) is 13.9. The van der Waals surface area contributed by atoms with Crippen LogP contribution in [0.5, 0.6) is 5.75 Å². The molecule has 5 nitrogen and oxygen atoms in total. The van der Waals surface area contributed by atoms with E-state index in [4.69, 9.17) is 21.7 Å². The minimum absolute atomic E-state index is 0.0792. The molecule has 0 unspecified atom stereocenters. The largest absolute Gasteiger partial charge is 0.497 e. The van der Waals surface area contributed by atoms with Crippen molar-refractivity contribution in [2.45, 2.75) is 26.3 Å². The number of nitrogens with zero attached hydrogens (tertiary/aromatic N) is 1. The number of rotatable bonds is 5. The van der Waals surface area contributed by atoms with Gasteiger partial charge in [-0.1, -0.05) is 12.1 Å². The maximum absolute atomic E-state index is 11.9. The molecule has 2 rings (SSSR count). The highest BCUT2D eigenvalue weighted by atomic mass is 32.1. The molecule has 0 bridgehead atoms. The lowest BCUT2D eigenvalue weighted by Crippen LogP contribution is -2.47. The van der Waals surface area contributed by atoms with Crippen molar-refractivity contribution < 1.29 is 14.3 Å². The Kier molecular flexibility index (Phi) is 6.65. The van der Waals surface area contributed by atoms with Gasteiger partial charge in [0.2, 0.25) is 0 Å². The van der Waals surface area contributed by atoms with Crippen LogP contribution in [0.25, 0.3) is 0 Å². The molecule has 126 valence electrons. The van der Waals surface area contributed by atoms with Gasteiger partial charge in [0, 0.05) is 19.6 Å². The van der Waals surface area contributed by atoms with E-state index >= 15 is 0 Å². The number of carbonyl (C=O) groups is 1. The van der Waals surface area contributed by atoms with Crippen molar-refractivity contribution >= 4 is 23.3 Å². The van der Waals surface area contributed by atoms with Crippen LogP contribution in [-0.2, 0) is 16.1 Å². The van der Waals surface area contributed by atoms with Gasteiger partial charge in [-0.15, -0.1) is 0 Å². The Morgan fingerprint density at radius 3 is 2.78 bits per heavy atom. The molecule has 1 N–H and O–H groups in total. The summed E-state index contributed by atoms with van der Waals surface area (Å²) in [6.07, 6.45) is 1.82. The Bertz CT molecular complexity index is 533. The number of esters is 1. The number of ether oxygens (including phenoxy) is 2. The first-order chi connectivity index (χ1) is 11.1. The number of thiocarbonyl (C=S) groups is 1. The van der Waals surface area contributed by atoms with Crippen LogP contribution in [0.3, 0.4) is 0 Å². The molecule has 0 amide bonds. The number of hydrogen-bond acceptors (Lipinski definition) is 4. The van der Waals surface area contributed by atoms with Gasteiger partial charge < -0.3 is 19.7 Å². The van der Waals surface area contributed by atoms with E-state index in [2.05, 4.69) is 10.2 Å². The molecule has 0 spiro atoms. The molecule has 1 aliphatic heterocycles. The monoisotopic (exact) mass is 336 g/mol. The van der Waals surface area contributed by atoms with Crippen LogP contribution >= 0.6 is 12.2 Å². The number of hydrogen-bond donors (Lipinski definition) is 1. The highest BCUT2D eigenvalue weighted by molar-refractivity contribution is 7.80. The molecule has 0 aromatic heterocycles. The van der Waals surface area contributed by atoms with Crippen molar-refractivity contribution in [2.75, 3.05) is 26.8 Å². The lowest BCUT2D eigenvalue weighted by molar-refractivity contribution is -0.149. The van der Waals surface area contributed by atoms with E-state index in [9.17, 15) is 4.79 Å². The molecule has 1 aromatic rings. The number of carbonyl (C=O) groups excluding carboxylic acids is 1. The Morgan fingerprint density at radius 2 is 2.13 bits per heavy atom. The first kappa shape index (κ1) is 17.5. The summed E-state index contributed by atoms with van der Waals surface area (Å²) < 4.78 is 10.3. The van der Waals surface area contributed by atoms with Gasteiger partial charge in [0.1, 0.15) is 5.75 Å². The molecular formula is C17H24N2O3S. The van der Waals surface area contributed by atoms with E-state index in [1.54, 1.807) is 7.11 Å². The zero-order valence-corrected chi connectivity index (χ0v) is 14.5. The standard InChI is InChI=1S/C17H24N2O3S/c1-3-22-16(20)14-5-4-10-19(12-14)17(23)18-11-13-6-8-15(21-2)9-7-13/h6-9,14H,3-5,10-12H2,1-2H3,(H,18,23)/t14-/m1/s1. The van der Waals surface area contributed by atoms with Crippen LogP contribution < -0.4 is 10.1 Å². The minimum atomic E-state index is -0.116. The predicted octanol–water partition coefficient (Wildman–Crippen LogP) is 2.34. The normalized spacial score (nSPS) is 17.5. The van der Waals surface area contributed by atoms with Crippen molar-refractivity contribution in [2.24, 2.45) is 5.92 Å². The van der Waals surface area contributed by atoms with E-state index in [1.165, 1.54) is 0 Å². The maximum atomic E-state index is 11.9. The van der Waals surface area contributed by atoms with Crippen LogP contribution in [0, 0.1) is 5.92 Å². The van der Waals surface area contributed by atoms with Gasteiger partial charge in [-0.2, -0.15) is 0 Å². The summed E-state index contributed by atoms with van der Waals surface area (Å²) >= 11 is 5.46. The van der Waals surface area contributed by atoms with Crippen LogP contribution in [0.15, 0.2) is 24.3 Å². The van der Waals surface area contributed by atoms with Crippen molar-refractivity contribution in [3.63, 3.8) is 0 Å². The summed E-state index contributed by atoms with van der Waals surface area (Å²) in [5.41, 5.74) is 1.13. The summed E-state index contributed by atoms with van der Waals surface area (Å²) in [7, 11) is 1.65. The third-order valence-corrected chi connectivity index (χ3v) is 4.33. The third kappa shape index (κ3) is 5.10. The van der Waals surface area contributed by atoms with Gasteiger partial charge in [-0.05, 0) is 49.7 Å². The lowest BCUT2D eigenvalue weighted by Gasteiger charge is -2.33. The second kappa shape index (κ2) is 8.72. The average molecular weight is 336 g/mol. The fraction of sp³-hybridized carbons (Fsp3) is 0.529. The lowest BCUT2D eigenvalue weighted by atomic mass is 9.98. The Hall–Kier alpha value is -1.82. The first-order valence-corrected chi connectivity index (χ1v) is 8.37. The SMILES string of the molecule is CCOC(=O)[C@@H]1CCCN(C(=S)NCc2ccc(OC)cc2)C1. The highest BCUT2D eigenvalue weighted by Crippen LogP contribution is 2.18. The first-order valence-electron chi connectivity index (χ1n) is 7.96. The van der Waals surface area contributed by atoms with Crippen LogP contribution in [0.2, 0.25) is 0 Å². The van der Waals surface area contributed by atoms with Gasteiger partial charge in [-0.25, -0.2) is 0 Å². The minimum Gasteiger partial charge on any atom is -0.497 e. The third-order valence-electron chi connectivity index (χ3n) is 3.93. The summed E-state index contributed by atoms with van der Waals surface area (Å²) in [6, 6.07) is 7.87. The number of piperidine rings is 1. The van der Waals surface area contributed by atoms with Gasteiger partial charge in [0.05, 0.1) is 19.6 Å². The molecule has 1 aliphatic rings. The molecule has 1 atom stereocenters. The molecule has 0 saturated carbocycles. The van der Waals surface area contributed by atoms with Gasteiger partial charge in [0.25, 0.3) is 0 Å².